The van der Waals surface area contributed by atoms with E-state index in [1.165, 1.54) is 0 Å². The average Bonchev–Trinajstić information content (AvgIpc) is 2.94. The Morgan fingerprint density at radius 3 is 2.56 bits per heavy atom. The molecule has 5 nitrogen and oxygen atoms in total. The van der Waals surface area contributed by atoms with Gasteiger partial charge in [-0.25, -0.2) is 4.98 Å². The van der Waals surface area contributed by atoms with Crippen molar-refractivity contribution in [2.75, 3.05) is 0 Å². The van der Waals surface area contributed by atoms with Crippen molar-refractivity contribution in [3.63, 3.8) is 0 Å². The maximum Gasteiger partial charge on any atom is 0.284 e. The van der Waals surface area contributed by atoms with Crippen molar-refractivity contribution in [2.45, 2.75) is 0 Å². The highest BCUT2D eigenvalue weighted by Gasteiger charge is 2.16. The molecule has 4 rings (SSSR count). The van der Waals surface area contributed by atoms with Gasteiger partial charge < -0.3 is 0 Å². The topological polar surface area (TPSA) is 52.7 Å². The van der Waals surface area contributed by atoms with Crippen molar-refractivity contribution in [3.8, 4) is 11.3 Å². The standard InChI is InChI=1S/C20H16N4O/c1-23-19-18(17(22-23)15-10-6-5-7-11-15)21-14-24(20(19)25)16-12-8-3-2-4-9-13-16/h2-14H,1H3. The monoisotopic (exact) mass is 328 g/mol. The van der Waals surface area contributed by atoms with Gasteiger partial charge in [-0.3, -0.25) is 14.0 Å². The minimum Gasteiger partial charge on any atom is -0.266 e. The van der Waals surface area contributed by atoms with Gasteiger partial charge in [0.2, 0.25) is 0 Å². The van der Waals surface area contributed by atoms with Crippen LogP contribution in [0.1, 0.15) is 0 Å². The molecule has 3 aromatic rings. The molecule has 1 aliphatic carbocycles. The molecule has 0 atom stereocenters. The largest absolute Gasteiger partial charge is 0.284 e. The molecule has 5 heteroatoms. The number of hydrogen-bond donors (Lipinski definition) is 0. The van der Waals surface area contributed by atoms with Gasteiger partial charge in [-0.05, 0) is 12.2 Å². The molecule has 0 unspecified atom stereocenters. The summed E-state index contributed by atoms with van der Waals surface area (Å²) in [5.41, 5.74) is 3.36. The Bertz CT molecular complexity index is 1110. The van der Waals surface area contributed by atoms with Crippen LogP contribution < -0.4 is 5.56 Å². The number of hydrogen-bond acceptors (Lipinski definition) is 3. The van der Waals surface area contributed by atoms with E-state index in [0.717, 1.165) is 11.3 Å². The van der Waals surface area contributed by atoms with Gasteiger partial charge in [-0.2, -0.15) is 5.10 Å². The zero-order valence-corrected chi connectivity index (χ0v) is 13.7. The van der Waals surface area contributed by atoms with Crippen LogP contribution in [0.4, 0.5) is 0 Å². The van der Waals surface area contributed by atoms with E-state index in [4.69, 9.17) is 0 Å². The summed E-state index contributed by atoms with van der Waals surface area (Å²) in [5.74, 6) is 0. The summed E-state index contributed by atoms with van der Waals surface area (Å²) < 4.78 is 3.14. The lowest BCUT2D eigenvalue weighted by atomic mass is 10.1. The Morgan fingerprint density at radius 1 is 0.960 bits per heavy atom. The third kappa shape index (κ3) is 2.65. The second kappa shape index (κ2) is 6.20. The molecular formula is C20H16N4O. The third-order valence-corrected chi connectivity index (χ3v) is 4.05. The second-order valence-electron chi connectivity index (χ2n) is 5.68. The first-order chi connectivity index (χ1) is 12.3. The molecule has 2 aromatic heterocycles. The molecule has 0 saturated heterocycles. The zero-order valence-electron chi connectivity index (χ0n) is 13.7. The minimum atomic E-state index is -0.143. The Morgan fingerprint density at radius 2 is 1.72 bits per heavy atom. The van der Waals surface area contributed by atoms with Crippen molar-refractivity contribution in [1.29, 1.82) is 0 Å². The lowest BCUT2D eigenvalue weighted by Gasteiger charge is -2.06. The molecule has 0 amide bonds. The van der Waals surface area contributed by atoms with E-state index < -0.39 is 0 Å². The maximum atomic E-state index is 13.0. The highest BCUT2D eigenvalue weighted by Crippen LogP contribution is 2.24. The second-order valence-corrected chi connectivity index (χ2v) is 5.68. The van der Waals surface area contributed by atoms with Gasteiger partial charge >= 0.3 is 0 Å². The molecule has 0 aliphatic heterocycles. The maximum absolute atomic E-state index is 13.0. The van der Waals surface area contributed by atoms with Crippen LogP contribution in [0.5, 0.6) is 0 Å². The fourth-order valence-corrected chi connectivity index (χ4v) is 2.85. The van der Waals surface area contributed by atoms with Crippen LogP contribution in [0, 0.1) is 0 Å². The molecular weight excluding hydrogens is 312 g/mol. The molecule has 122 valence electrons. The Labute approximate surface area is 144 Å². The number of rotatable bonds is 2. The first kappa shape index (κ1) is 15.1. The van der Waals surface area contributed by atoms with Crippen molar-refractivity contribution in [2.24, 2.45) is 7.05 Å². The molecule has 0 spiro atoms. The number of fused-ring (bicyclic) bond motifs is 1. The van der Waals surface area contributed by atoms with Crippen molar-refractivity contribution in [3.05, 3.63) is 89.5 Å². The molecule has 25 heavy (non-hydrogen) atoms. The van der Waals surface area contributed by atoms with Gasteiger partial charge in [-0.1, -0.05) is 60.7 Å². The quantitative estimate of drug-likeness (QED) is 0.725. The zero-order chi connectivity index (χ0) is 17.2. The van der Waals surface area contributed by atoms with Gasteiger partial charge in [0.25, 0.3) is 5.56 Å². The van der Waals surface area contributed by atoms with Gasteiger partial charge in [0.15, 0.2) is 5.52 Å². The Hall–Kier alpha value is -3.47. The molecule has 0 fully saturated rings. The van der Waals surface area contributed by atoms with Gasteiger partial charge in [0, 0.05) is 12.6 Å². The molecule has 0 saturated carbocycles. The number of nitrogens with zero attached hydrogens (tertiary/aromatic N) is 4. The molecule has 0 radical (unpaired) electrons. The van der Waals surface area contributed by atoms with E-state index in [9.17, 15) is 4.79 Å². The van der Waals surface area contributed by atoms with Crippen molar-refractivity contribution in [1.82, 2.24) is 19.3 Å². The molecule has 2 heterocycles. The first-order valence-corrected chi connectivity index (χ1v) is 7.97. The molecule has 1 aromatic carbocycles. The summed E-state index contributed by atoms with van der Waals surface area (Å²) in [7, 11) is 1.77. The van der Waals surface area contributed by atoms with Gasteiger partial charge in [0.1, 0.15) is 17.5 Å². The van der Waals surface area contributed by atoms with E-state index in [1.807, 2.05) is 72.9 Å². The summed E-state index contributed by atoms with van der Waals surface area (Å²) in [4.78, 5) is 17.6. The Kier molecular flexibility index (Phi) is 3.74. The van der Waals surface area contributed by atoms with E-state index in [0.29, 0.717) is 16.7 Å². The predicted octanol–water partition coefficient (Wildman–Crippen LogP) is 3.32. The van der Waals surface area contributed by atoms with Crippen LogP contribution in [-0.2, 0) is 7.05 Å². The number of aryl methyl sites for hydroxylation is 1. The molecule has 1 aliphatic rings. The minimum absolute atomic E-state index is 0.143. The highest BCUT2D eigenvalue weighted by molar-refractivity contribution is 5.89. The fraction of sp³-hybridized carbons (Fsp3) is 0.0500. The SMILES string of the molecule is Cn1nc(-c2ccccc2)c2ncn(C3=CC=CC=CC=C3)c(=O)c21. The third-order valence-electron chi connectivity index (χ3n) is 4.05. The fourth-order valence-electron chi connectivity index (χ4n) is 2.85. The lowest BCUT2D eigenvalue weighted by Crippen LogP contribution is -2.21. The number of allylic oxidation sites excluding steroid dienone is 8. The molecule has 0 bridgehead atoms. The van der Waals surface area contributed by atoms with Crippen molar-refractivity contribution < 1.29 is 0 Å². The summed E-state index contributed by atoms with van der Waals surface area (Å²) in [6, 6.07) is 9.77. The van der Waals surface area contributed by atoms with E-state index in [2.05, 4.69) is 10.1 Å². The average molecular weight is 328 g/mol. The Balaban J connectivity index is 1.93. The lowest BCUT2D eigenvalue weighted by molar-refractivity contribution is 0.791. The van der Waals surface area contributed by atoms with E-state index in [-0.39, 0.29) is 5.56 Å². The van der Waals surface area contributed by atoms with Crippen LogP contribution in [0.25, 0.3) is 28.0 Å². The van der Waals surface area contributed by atoms with Gasteiger partial charge in [-0.15, -0.1) is 0 Å². The number of benzene rings is 1. The van der Waals surface area contributed by atoms with Crippen LogP contribution in [0.3, 0.4) is 0 Å². The molecule has 0 N–H and O–H groups in total. The predicted molar refractivity (Wildman–Crippen MR) is 99.9 cm³/mol. The van der Waals surface area contributed by atoms with Crippen molar-refractivity contribution >= 4 is 16.7 Å². The smallest absolute Gasteiger partial charge is 0.266 e. The highest BCUT2D eigenvalue weighted by atomic mass is 16.1. The van der Waals surface area contributed by atoms with Crippen LogP contribution >= 0.6 is 0 Å². The number of aromatic nitrogens is 4. The first-order valence-electron chi connectivity index (χ1n) is 7.97. The van der Waals surface area contributed by atoms with Crippen LogP contribution in [0.15, 0.2) is 84.0 Å². The van der Waals surface area contributed by atoms with E-state index in [1.54, 1.807) is 22.6 Å². The summed E-state index contributed by atoms with van der Waals surface area (Å²) >= 11 is 0. The van der Waals surface area contributed by atoms with Crippen LogP contribution in [0.2, 0.25) is 0 Å². The summed E-state index contributed by atoms with van der Waals surface area (Å²) in [6.45, 7) is 0. The van der Waals surface area contributed by atoms with Crippen LogP contribution in [-0.4, -0.2) is 19.3 Å². The van der Waals surface area contributed by atoms with E-state index >= 15 is 0 Å². The van der Waals surface area contributed by atoms with Gasteiger partial charge in [0.05, 0.1) is 5.70 Å². The summed E-state index contributed by atoms with van der Waals surface area (Å²) in [6.07, 6.45) is 14.9. The summed E-state index contributed by atoms with van der Waals surface area (Å²) in [5, 5.41) is 4.52. The normalized spacial score (nSPS) is 13.7.